The smallest absolute Gasteiger partial charge is 0.138 e. The van der Waals surface area contributed by atoms with Crippen LogP contribution in [0, 0.1) is 37.9 Å². The first-order valence-corrected chi connectivity index (χ1v) is 7.54. The van der Waals surface area contributed by atoms with Crippen LogP contribution in [0.2, 0.25) is 0 Å². The Hall–Kier alpha value is -2.94. The fourth-order valence-corrected chi connectivity index (χ4v) is 2.96. The largest absolute Gasteiger partial charge is 0.368 e. The van der Waals surface area contributed by atoms with Crippen molar-refractivity contribution in [2.45, 2.75) is 27.3 Å². The van der Waals surface area contributed by atoms with E-state index >= 15 is 0 Å². The first-order chi connectivity index (χ1) is 11.4. The number of aromatic nitrogens is 2. The normalized spacial score (nSPS) is 10.8. The second-order valence-electron chi connectivity index (χ2n) is 5.91. The van der Waals surface area contributed by atoms with Crippen LogP contribution in [0.1, 0.15) is 28.1 Å². The average molecular weight is 324 g/mol. The average Bonchev–Trinajstić information content (AvgIpc) is 2.85. The number of fused-ring (bicyclic) bond motifs is 1. The number of hydrogen-bond donors (Lipinski definition) is 0. The van der Waals surface area contributed by atoms with Crippen LogP contribution < -0.4 is 4.90 Å². The van der Waals surface area contributed by atoms with E-state index in [1.54, 1.807) is 0 Å². The third-order valence-electron chi connectivity index (χ3n) is 4.18. The van der Waals surface area contributed by atoms with Crippen LogP contribution in [0.4, 0.5) is 10.1 Å². The molecule has 0 atom stereocenters. The number of nitriles is 1. The van der Waals surface area contributed by atoms with E-state index in [0.717, 1.165) is 22.6 Å². The van der Waals surface area contributed by atoms with E-state index in [4.69, 9.17) is 4.52 Å². The van der Waals surface area contributed by atoms with Crippen molar-refractivity contribution in [2.24, 2.45) is 0 Å². The number of nitrogens with zero attached hydrogens (tertiary/aromatic N) is 4. The van der Waals surface area contributed by atoms with Crippen molar-refractivity contribution in [2.75, 3.05) is 11.9 Å². The van der Waals surface area contributed by atoms with E-state index in [1.165, 1.54) is 18.3 Å². The summed E-state index contributed by atoms with van der Waals surface area (Å²) in [5.74, 6) is 0.391. The molecule has 0 aliphatic rings. The topological polar surface area (TPSA) is 66.0 Å². The first-order valence-electron chi connectivity index (χ1n) is 7.54. The molecule has 0 bridgehead atoms. The summed E-state index contributed by atoms with van der Waals surface area (Å²) in [4.78, 5) is 6.23. The summed E-state index contributed by atoms with van der Waals surface area (Å²) in [6.07, 6.45) is 1.53. The summed E-state index contributed by atoms with van der Waals surface area (Å²) in [5.41, 5.74) is 4.25. The predicted octanol–water partition coefficient (Wildman–Crippen LogP) is 3.80. The molecule has 0 aliphatic carbocycles. The maximum atomic E-state index is 13.9. The highest BCUT2D eigenvalue weighted by Crippen LogP contribution is 2.32. The number of pyridine rings is 1. The molecule has 6 heteroatoms. The highest BCUT2D eigenvalue weighted by atomic mass is 19.1. The molecule has 5 nitrogen and oxygen atoms in total. The van der Waals surface area contributed by atoms with Crippen molar-refractivity contribution in [3.63, 3.8) is 0 Å². The zero-order valence-corrected chi connectivity index (χ0v) is 14.0. The molecule has 0 radical (unpaired) electrons. The summed E-state index contributed by atoms with van der Waals surface area (Å²) >= 11 is 0. The van der Waals surface area contributed by atoms with Gasteiger partial charge in [0.05, 0.1) is 22.5 Å². The van der Waals surface area contributed by atoms with Crippen LogP contribution in [0.15, 0.2) is 22.9 Å². The zero-order valence-electron chi connectivity index (χ0n) is 14.0. The lowest BCUT2D eigenvalue weighted by molar-refractivity contribution is 0.392. The van der Waals surface area contributed by atoms with Crippen LogP contribution in [0.25, 0.3) is 10.9 Å². The second-order valence-corrected chi connectivity index (χ2v) is 5.91. The van der Waals surface area contributed by atoms with Gasteiger partial charge in [0.1, 0.15) is 17.6 Å². The van der Waals surface area contributed by atoms with E-state index in [9.17, 15) is 9.65 Å². The zero-order chi connectivity index (χ0) is 17.4. The van der Waals surface area contributed by atoms with E-state index in [2.05, 4.69) is 16.2 Å². The number of benzene rings is 1. The quantitative estimate of drug-likeness (QED) is 0.733. The van der Waals surface area contributed by atoms with Gasteiger partial charge < -0.3 is 9.42 Å². The van der Waals surface area contributed by atoms with Gasteiger partial charge in [0, 0.05) is 30.7 Å². The van der Waals surface area contributed by atoms with Crippen LogP contribution in [0.3, 0.4) is 0 Å². The van der Waals surface area contributed by atoms with E-state index in [-0.39, 0.29) is 5.82 Å². The van der Waals surface area contributed by atoms with Crippen LogP contribution >= 0.6 is 0 Å². The Balaban J connectivity index is 2.18. The molecule has 0 saturated heterocycles. The summed E-state index contributed by atoms with van der Waals surface area (Å²) in [6, 6.07) is 5.02. The minimum Gasteiger partial charge on any atom is -0.368 e. The van der Waals surface area contributed by atoms with Crippen molar-refractivity contribution in [3.05, 3.63) is 52.3 Å². The highest BCUT2D eigenvalue weighted by Gasteiger charge is 2.18. The Kier molecular flexibility index (Phi) is 3.94. The van der Waals surface area contributed by atoms with Crippen molar-refractivity contribution in [1.29, 1.82) is 5.26 Å². The van der Waals surface area contributed by atoms with Gasteiger partial charge in [0.15, 0.2) is 0 Å². The number of anilines is 1. The number of rotatable bonds is 3. The van der Waals surface area contributed by atoms with Crippen molar-refractivity contribution < 1.29 is 8.91 Å². The third-order valence-corrected chi connectivity index (χ3v) is 4.18. The monoisotopic (exact) mass is 324 g/mol. The van der Waals surface area contributed by atoms with Gasteiger partial charge in [-0.3, -0.25) is 4.98 Å². The molecule has 2 heterocycles. The van der Waals surface area contributed by atoms with Crippen molar-refractivity contribution in [1.82, 2.24) is 10.1 Å². The molecule has 122 valence electrons. The molecule has 0 saturated carbocycles. The fourth-order valence-electron chi connectivity index (χ4n) is 2.96. The molecule has 1 aromatic carbocycles. The molecule has 0 N–H and O–H groups in total. The Labute approximate surface area is 139 Å². The Morgan fingerprint density at radius 3 is 2.67 bits per heavy atom. The van der Waals surface area contributed by atoms with Gasteiger partial charge in [-0.25, -0.2) is 4.39 Å². The van der Waals surface area contributed by atoms with Gasteiger partial charge in [0.2, 0.25) is 0 Å². The van der Waals surface area contributed by atoms with Gasteiger partial charge >= 0.3 is 0 Å². The van der Waals surface area contributed by atoms with Crippen molar-refractivity contribution >= 4 is 16.6 Å². The summed E-state index contributed by atoms with van der Waals surface area (Å²) in [5, 5.41) is 14.0. The molecular formula is C18H17FN4O. The van der Waals surface area contributed by atoms with Gasteiger partial charge in [-0.15, -0.1) is 0 Å². The molecular weight excluding hydrogens is 307 g/mol. The van der Waals surface area contributed by atoms with Gasteiger partial charge in [-0.2, -0.15) is 5.26 Å². The maximum absolute atomic E-state index is 13.9. The van der Waals surface area contributed by atoms with Gasteiger partial charge in [-0.1, -0.05) is 5.16 Å². The van der Waals surface area contributed by atoms with E-state index < -0.39 is 0 Å². The van der Waals surface area contributed by atoms with Crippen LogP contribution in [-0.4, -0.2) is 17.2 Å². The fraction of sp³-hybridized carbons (Fsp3) is 0.278. The molecule has 3 aromatic rings. The summed E-state index contributed by atoms with van der Waals surface area (Å²) in [7, 11) is 1.86. The Morgan fingerprint density at radius 2 is 2.04 bits per heavy atom. The molecule has 2 aromatic heterocycles. The Bertz CT molecular complexity index is 952. The Morgan fingerprint density at radius 1 is 1.29 bits per heavy atom. The maximum Gasteiger partial charge on any atom is 0.138 e. The molecule has 0 amide bonds. The molecule has 3 rings (SSSR count). The predicted molar refractivity (Wildman–Crippen MR) is 89.2 cm³/mol. The minimum atomic E-state index is -0.344. The van der Waals surface area contributed by atoms with Crippen LogP contribution in [0.5, 0.6) is 0 Å². The lowest BCUT2D eigenvalue weighted by Crippen LogP contribution is -2.19. The number of halogens is 1. The van der Waals surface area contributed by atoms with Gasteiger partial charge in [0.25, 0.3) is 0 Å². The third kappa shape index (κ3) is 2.58. The summed E-state index contributed by atoms with van der Waals surface area (Å²) in [6.45, 7) is 6.04. The number of aryl methyl sites for hydroxylation is 3. The molecule has 24 heavy (non-hydrogen) atoms. The van der Waals surface area contributed by atoms with E-state index in [0.29, 0.717) is 28.7 Å². The number of hydrogen-bond acceptors (Lipinski definition) is 5. The van der Waals surface area contributed by atoms with E-state index in [1.807, 2.05) is 32.7 Å². The molecule has 0 unspecified atom stereocenters. The lowest BCUT2D eigenvalue weighted by atomic mass is 10.0. The summed E-state index contributed by atoms with van der Waals surface area (Å²) < 4.78 is 19.1. The SMILES string of the molecule is Cc1noc(C)c1CN(C)c1c(C#N)cnc2c(C)cc(F)cc12. The molecule has 0 spiro atoms. The molecule has 0 fully saturated rings. The van der Waals surface area contributed by atoms with Crippen molar-refractivity contribution in [3.8, 4) is 6.07 Å². The second kappa shape index (κ2) is 5.93. The van der Waals surface area contributed by atoms with Crippen LogP contribution in [-0.2, 0) is 6.54 Å². The minimum absolute atomic E-state index is 0.344. The standard InChI is InChI=1S/C18H17FN4O/c1-10-5-14(19)6-15-17(10)21-8-13(7-20)18(15)23(4)9-16-11(2)22-24-12(16)3/h5-6,8H,9H2,1-4H3. The lowest BCUT2D eigenvalue weighted by Gasteiger charge is -2.22. The first kappa shape index (κ1) is 15.9. The van der Waals surface area contributed by atoms with Gasteiger partial charge in [-0.05, 0) is 38.5 Å². The molecule has 0 aliphatic heterocycles. The highest BCUT2D eigenvalue weighted by molar-refractivity contribution is 5.96.